The monoisotopic (exact) mass is 389 g/mol. The van der Waals surface area contributed by atoms with Crippen molar-refractivity contribution in [1.29, 1.82) is 0 Å². The van der Waals surface area contributed by atoms with Gasteiger partial charge in [-0.1, -0.05) is 42.5 Å². The number of hydrogen-bond acceptors (Lipinski definition) is 5. The van der Waals surface area contributed by atoms with Crippen molar-refractivity contribution in [3.8, 4) is 11.3 Å². The molecule has 7 heteroatoms. The van der Waals surface area contributed by atoms with Crippen molar-refractivity contribution < 1.29 is 8.78 Å². The second kappa shape index (κ2) is 8.43. The predicted molar refractivity (Wildman–Crippen MR) is 109 cm³/mol. The summed E-state index contributed by atoms with van der Waals surface area (Å²) in [5, 5.41) is 5.87. The van der Waals surface area contributed by atoms with E-state index in [0.717, 1.165) is 11.1 Å². The molecule has 0 aliphatic carbocycles. The van der Waals surface area contributed by atoms with Gasteiger partial charge >= 0.3 is 0 Å². The van der Waals surface area contributed by atoms with E-state index in [-0.39, 0.29) is 11.6 Å². The van der Waals surface area contributed by atoms with Gasteiger partial charge in [-0.05, 0) is 23.8 Å². The second-order valence-corrected chi connectivity index (χ2v) is 6.26. The number of aromatic nitrogens is 3. The average Bonchev–Trinajstić information content (AvgIpc) is 2.76. The standard InChI is InChI=1S/C22H17F2N5/c23-17-9-4-10-18(24)21(17)29-22-27-19(16-7-2-1-3-8-16)12-20(28-22)26-14-15-6-5-11-25-13-15/h1-13H,14H2,(H2,26,27,28,29). The Hall–Kier alpha value is -3.87. The molecule has 5 nitrogen and oxygen atoms in total. The summed E-state index contributed by atoms with van der Waals surface area (Å²) >= 11 is 0. The highest BCUT2D eigenvalue weighted by Gasteiger charge is 2.12. The van der Waals surface area contributed by atoms with Crippen molar-refractivity contribution in [2.24, 2.45) is 0 Å². The van der Waals surface area contributed by atoms with Crippen LogP contribution >= 0.6 is 0 Å². The van der Waals surface area contributed by atoms with Crippen LogP contribution in [0.4, 0.5) is 26.2 Å². The zero-order valence-electron chi connectivity index (χ0n) is 15.3. The molecule has 0 fully saturated rings. The number of nitrogens with one attached hydrogen (secondary N) is 2. The highest BCUT2D eigenvalue weighted by atomic mass is 19.1. The van der Waals surface area contributed by atoms with E-state index in [1.54, 1.807) is 18.5 Å². The Kier molecular flexibility index (Phi) is 5.38. The van der Waals surface area contributed by atoms with Crippen LogP contribution in [-0.2, 0) is 6.54 Å². The van der Waals surface area contributed by atoms with Gasteiger partial charge in [-0.15, -0.1) is 0 Å². The molecule has 0 radical (unpaired) electrons. The number of nitrogens with zero attached hydrogens (tertiary/aromatic N) is 3. The lowest BCUT2D eigenvalue weighted by molar-refractivity contribution is 0.590. The maximum Gasteiger partial charge on any atom is 0.229 e. The zero-order valence-corrected chi connectivity index (χ0v) is 15.3. The van der Waals surface area contributed by atoms with Crippen molar-refractivity contribution in [2.75, 3.05) is 10.6 Å². The highest BCUT2D eigenvalue weighted by molar-refractivity contribution is 5.66. The molecule has 0 spiro atoms. The molecule has 0 saturated carbocycles. The lowest BCUT2D eigenvalue weighted by atomic mass is 10.1. The molecule has 2 N–H and O–H groups in total. The molecule has 0 bridgehead atoms. The molecule has 0 amide bonds. The van der Waals surface area contributed by atoms with Crippen LogP contribution in [0.1, 0.15) is 5.56 Å². The number of halogens is 2. The van der Waals surface area contributed by atoms with Gasteiger partial charge in [-0.3, -0.25) is 4.98 Å². The van der Waals surface area contributed by atoms with E-state index in [1.807, 2.05) is 42.5 Å². The zero-order chi connectivity index (χ0) is 20.1. The molecule has 29 heavy (non-hydrogen) atoms. The van der Waals surface area contributed by atoms with Crippen LogP contribution in [0.5, 0.6) is 0 Å². The highest BCUT2D eigenvalue weighted by Crippen LogP contribution is 2.25. The Morgan fingerprint density at radius 3 is 2.34 bits per heavy atom. The van der Waals surface area contributed by atoms with Crippen LogP contribution in [0.25, 0.3) is 11.3 Å². The quantitative estimate of drug-likeness (QED) is 0.476. The normalized spacial score (nSPS) is 10.6. The van der Waals surface area contributed by atoms with Crippen LogP contribution in [0.2, 0.25) is 0 Å². The number of pyridine rings is 1. The summed E-state index contributed by atoms with van der Waals surface area (Å²) in [4.78, 5) is 12.9. The van der Waals surface area contributed by atoms with E-state index in [4.69, 9.17) is 0 Å². The summed E-state index contributed by atoms with van der Waals surface area (Å²) in [6.45, 7) is 0.493. The molecule has 2 heterocycles. The third kappa shape index (κ3) is 4.52. The van der Waals surface area contributed by atoms with E-state index in [2.05, 4.69) is 25.6 Å². The van der Waals surface area contributed by atoms with E-state index in [0.29, 0.717) is 18.1 Å². The Labute approximate surface area is 166 Å². The fraction of sp³-hybridized carbons (Fsp3) is 0.0455. The molecule has 0 saturated heterocycles. The number of para-hydroxylation sites is 1. The molecule has 0 atom stereocenters. The molecule has 144 valence electrons. The van der Waals surface area contributed by atoms with Gasteiger partial charge in [0.2, 0.25) is 5.95 Å². The Balaban J connectivity index is 1.68. The number of rotatable bonds is 6. The third-order valence-corrected chi connectivity index (χ3v) is 4.19. The molecular formula is C22H17F2N5. The molecule has 0 unspecified atom stereocenters. The molecule has 2 aromatic heterocycles. The van der Waals surface area contributed by atoms with Crippen LogP contribution in [0, 0.1) is 11.6 Å². The fourth-order valence-corrected chi connectivity index (χ4v) is 2.77. The lowest BCUT2D eigenvalue weighted by Crippen LogP contribution is -2.07. The van der Waals surface area contributed by atoms with Crippen molar-refractivity contribution in [1.82, 2.24) is 15.0 Å². The summed E-state index contributed by atoms with van der Waals surface area (Å²) in [5.41, 5.74) is 2.16. The first-order valence-electron chi connectivity index (χ1n) is 8.97. The van der Waals surface area contributed by atoms with Gasteiger partial charge in [-0.2, -0.15) is 4.98 Å². The summed E-state index contributed by atoms with van der Waals surface area (Å²) in [7, 11) is 0. The lowest BCUT2D eigenvalue weighted by Gasteiger charge is -2.12. The van der Waals surface area contributed by atoms with Crippen LogP contribution < -0.4 is 10.6 Å². The summed E-state index contributed by atoms with van der Waals surface area (Å²) in [6.07, 6.45) is 3.45. The maximum atomic E-state index is 14.0. The van der Waals surface area contributed by atoms with Crippen molar-refractivity contribution in [3.63, 3.8) is 0 Å². The molecule has 4 aromatic rings. The second-order valence-electron chi connectivity index (χ2n) is 6.26. The average molecular weight is 389 g/mol. The maximum absolute atomic E-state index is 14.0. The minimum absolute atomic E-state index is 0.0871. The Morgan fingerprint density at radius 2 is 1.62 bits per heavy atom. The Bertz CT molecular complexity index is 1080. The van der Waals surface area contributed by atoms with Gasteiger partial charge in [-0.25, -0.2) is 13.8 Å². The topological polar surface area (TPSA) is 62.7 Å². The van der Waals surface area contributed by atoms with Crippen molar-refractivity contribution in [3.05, 3.63) is 96.3 Å². The number of hydrogen-bond donors (Lipinski definition) is 2. The molecule has 0 aliphatic rings. The summed E-state index contributed by atoms with van der Waals surface area (Å²) < 4.78 is 28.1. The summed E-state index contributed by atoms with van der Waals surface area (Å²) in [6, 6.07) is 18.7. The molecule has 2 aromatic carbocycles. The van der Waals surface area contributed by atoms with Gasteiger partial charge < -0.3 is 10.6 Å². The van der Waals surface area contributed by atoms with Gasteiger partial charge in [0, 0.05) is 30.6 Å². The molecular weight excluding hydrogens is 372 g/mol. The van der Waals surface area contributed by atoms with E-state index >= 15 is 0 Å². The predicted octanol–water partition coefficient (Wildman–Crippen LogP) is 5.17. The van der Waals surface area contributed by atoms with E-state index in [9.17, 15) is 8.78 Å². The molecule has 4 rings (SSSR count). The van der Waals surface area contributed by atoms with Crippen molar-refractivity contribution >= 4 is 17.5 Å². The van der Waals surface area contributed by atoms with E-state index in [1.165, 1.54) is 18.2 Å². The number of benzene rings is 2. The van der Waals surface area contributed by atoms with Gasteiger partial charge in [0.1, 0.15) is 23.1 Å². The summed E-state index contributed by atoms with van der Waals surface area (Å²) in [5.74, 6) is -0.835. The first-order valence-corrected chi connectivity index (χ1v) is 8.97. The first-order chi connectivity index (χ1) is 14.2. The molecule has 0 aliphatic heterocycles. The minimum Gasteiger partial charge on any atom is -0.366 e. The third-order valence-electron chi connectivity index (χ3n) is 4.19. The Morgan fingerprint density at radius 1 is 0.828 bits per heavy atom. The SMILES string of the molecule is Fc1cccc(F)c1Nc1nc(NCc2cccnc2)cc(-c2ccccc2)n1. The van der Waals surface area contributed by atoms with E-state index < -0.39 is 11.6 Å². The van der Waals surface area contributed by atoms with Crippen LogP contribution in [-0.4, -0.2) is 15.0 Å². The van der Waals surface area contributed by atoms with Gasteiger partial charge in [0.15, 0.2) is 0 Å². The minimum atomic E-state index is -0.719. The number of anilines is 3. The van der Waals surface area contributed by atoms with Crippen LogP contribution in [0.15, 0.2) is 79.1 Å². The van der Waals surface area contributed by atoms with Gasteiger partial charge in [0.05, 0.1) is 5.69 Å². The smallest absolute Gasteiger partial charge is 0.229 e. The van der Waals surface area contributed by atoms with Gasteiger partial charge in [0.25, 0.3) is 0 Å². The van der Waals surface area contributed by atoms with Crippen molar-refractivity contribution in [2.45, 2.75) is 6.54 Å². The first kappa shape index (κ1) is 18.5. The largest absolute Gasteiger partial charge is 0.366 e. The fourth-order valence-electron chi connectivity index (χ4n) is 2.77. The van der Waals surface area contributed by atoms with Crippen LogP contribution in [0.3, 0.4) is 0 Å².